The number of aliphatic hydroxyl groups is 11. The van der Waals surface area contributed by atoms with Gasteiger partial charge in [0.2, 0.25) is 17.6 Å². The maximum Gasteiger partial charge on any atom is 2.00 e. The first-order valence-electron chi connectivity index (χ1n) is 26.6. The number of hydrogen-bond donors (Lipinski definition) is 20. The molecule has 2 amide bonds. The number of nitrogen functional groups attached to an aromatic ring is 2. The zero-order chi connectivity index (χ0) is 75.7. The van der Waals surface area contributed by atoms with Gasteiger partial charge in [-0.3, -0.25) is 32.7 Å². The molecule has 2 aromatic rings. The first-order chi connectivity index (χ1) is 44.4. The van der Waals surface area contributed by atoms with E-state index in [0.29, 0.717) is 0 Å². The van der Waals surface area contributed by atoms with Crippen LogP contribution in [0, 0.1) is 0 Å². The van der Waals surface area contributed by atoms with Crippen molar-refractivity contribution in [3.05, 3.63) is 45.5 Å². The molecule has 4 aliphatic heterocycles. The number of hydrogen-bond acceptors (Lipinski definition) is 40. The molecule has 582 valence electrons. The maximum atomic E-state index is 12.9. The smallest absolute Gasteiger partial charge is 0.756 e. The van der Waals surface area contributed by atoms with Crippen molar-refractivity contribution in [3.63, 3.8) is 0 Å². The van der Waals surface area contributed by atoms with Crippen LogP contribution in [0.5, 0.6) is 0 Å². The fraction of sp³-hybridized carbons (Fsp3) is 0.707. The van der Waals surface area contributed by atoms with Gasteiger partial charge in [0.05, 0.1) is 49.7 Å². The Labute approximate surface area is 699 Å². The third-order valence-electron chi connectivity index (χ3n) is 12.8. The van der Waals surface area contributed by atoms with Crippen molar-refractivity contribution in [2.75, 3.05) is 24.7 Å². The van der Waals surface area contributed by atoms with Gasteiger partial charge in [0.25, 0.3) is 21.4 Å². The summed E-state index contributed by atoms with van der Waals surface area (Å²) in [6, 6.07) is -0.199. The van der Waals surface area contributed by atoms with Crippen LogP contribution in [0.15, 0.2) is 34.1 Å². The van der Waals surface area contributed by atoms with E-state index in [0.717, 1.165) is 42.3 Å². The second-order valence-electron chi connectivity index (χ2n) is 20.8. The van der Waals surface area contributed by atoms with Crippen LogP contribution in [0.2, 0.25) is 0 Å². The molecule has 105 heavy (non-hydrogen) atoms. The summed E-state index contributed by atoms with van der Waals surface area (Å²) in [5, 5.41) is 136. The molecule has 6 heterocycles. The van der Waals surface area contributed by atoms with Gasteiger partial charge < -0.3 is 151 Å². The molecular formula is C41H74Mn2N8Na4O44P6+8. The molecule has 0 spiro atoms. The van der Waals surface area contributed by atoms with Crippen molar-refractivity contribution < 1.29 is 355 Å². The Morgan fingerprint density at radius 2 is 1.02 bits per heavy atom. The molecule has 25 atom stereocenters. The average molecular weight is 1770 g/mol. The van der Waals surface area contributed by atoms with Crippen LogP contribution in [0.3, 0.4) is 0 Å². The zero-order valence-corrected chi connectivity index (χ0v) is 70.5. The predicted octanol–water partition coefficient (Wildman–Crippen LogP) is -24.9. The third kappa shape index (κ3) is 36.0. The Bertz CT molecular complexity index is 3540. The van der Waals surface area contributed by atoms with E-state index in [1.807, 2.05) is 0 Å². The van der Waals surface area contributed by atoms with Crippen LogP contribution in [-0.2, 0) is 126 Å². The fourth-order valence-electron chi connectivity index (χ4n) is 8.68. The Balaban J connectivity index is -0.000000453. The van der Waals surface area contributed by atoms with Crippen molar-refractivity contribution in [2.45, 2.75) is 170 Å². The van der Waals surface area contributed by atoms with E-state index in [2.05, 4.69) is 38.1 Å². The number of aromatic nitrogens is 4. The monoisotopic (exact) mass is 1770 g/mol. The van der Waals surface area contributed by atoms with Crippen LogP contribution < -0.4 is 167 Å². The first-order valence-corrected chi connectivity index (χ1v) is 35.7. The minimum Gasteiger partial charge on any atom is -0.756 e. The Kier molecular flexibility index (Phi) is 50.9. The summed E-state index contributed by atoms with van der Waals surface area (Å²) in [6.07, 6.45) is -25.5. The van der Waals surface area contributed by atoms with Gasteiger partial charge in [-0.05, 0) is 26.0 Å². The molecule has 0 saturated carbocycles. The van der Waals surface area contributed by atoms with Crippen LogP contribution in [0.1, 0.15) is 60.4 Å². The number of amides is 2. The second kappa shape index (κ2) is 46.9. The van der Waals surface area contributed by atoms with Gasteiger partial charge in [0.15, 0.2) is 12.5 Å². The predicted molar refractivity (Wildman–Crippen MR) is 308 cm³/mol. The summed E-state index contributed by atoms with van der Waals surface area (Å²) in [6.45, 7) is 2.62. The number of phosphoric acid groups is 3. The van der Waals surface area contributed by atoms with Crippen molar-refractivity contribution >= 4 is 82.3 Å². The number of aliphatic carboxylic acids is 2. The Hall–Kier alpha value is 0.459. The number of carbonyl (C=O) groups is 4. The quantitative estimate of drug-likeness (QED) is 0.0264. The SMILES string of the molecule is C.CC(=O)N[C@H]1C([C@H](O)[C@@H](C)O)O[C@](O)(C(=O)O)C[C@H]1O.CC(=O)N[C@H]1C([C@H](O)[C@@H](C)O)O[C@](OP(=O)([OH2+])OC[C@H]2O[C@@H](n3ccc(N)nc3=O)C(O)[C@H]2O)(C(=O)[O-])C[C@H]1O.Nc1ccn([C@@H]2O[C@H](COP(=O)([OH2+])OP(=O)([O-])OP(=O)(O)O)[C@H](O)C2O)c(=O)n1.O=P([O-])(O)OP(=O)(O)[OH2+].[Mn+2].[Mn+2].[Na+].[Na+].[Na+].[Na+]. The summed E-state index contributed by atoms with van der Waals surface area (Å²) < 4.78 is 112. The van der Waals surface area contributed by atoms with Gasteiger partial charge in [-0.15, -0.1) is 0 Å². The summed E-state index contributed by atoms with van der Waals surface area (Å²) in [5.74, 6) is -11.3. The van der Waals surface area contributed by atoms with Crippen molar-refractivity contribution in [3.8, 4) is 0 Å². The number of rotatable bonds is 24. The van der Waals surface area contributed by atoms with E-state index in [4.69, 9.17) is 78.8 Å². The first kappa shape index (κ1) is 114. The molecule has 4 saturated heterocycles. The van der Waals surface area contributed by atoms with Gasteiger partial charge >= 0.3 is 201 Å². The van der Waals surface area contributed by atoms with Crippen LogP contribution in [0.4, 0.5) is 11.6 Å². The minimum absolute atomic E-state index is 0. The number of anilines is 2. The summed E-state index contributed by atoms with van der Waals surface area (Å²) in [4.78, 5) is 151. The Morgan fingerprint density at radius 1 is 0.657 bits per heavy atom. The molecule has 6 rings (SSSR count). The molecule has 64 heteroatoms. The van der Waals surface area contributed by atoms with E-state index >= 15 is 0 Å². The molecule has 0 bridgehead atoms. The second-order valence-corrected chi connectivity index (χ2v) is 29.3. The number of nitrogens with zero attached hydrogens (tertiary/aromatic N) is 4. The number of carboxylic acid groups (broad SMARTS) is 2. The van der Waals surface area contributed by atoms with Crippen molar-refractivity contribution in [1.29, 1.82) is 0 Å². The van der Waals surface area contributed by atoms with Crippen LogP contribution >= 0.6 is 46.9 Å². The fourth-order valence-corrected chi connectivity index (χ4v) is 13.8. The molecule has 0 aromatic carbocycles. The number of nitrogens with one attached hydrogen (secondary N) is 2. The number of nitrogens with two attached hydrogens (primary N) is 2. The molecule has 2 aromatic heterocycles. The van der Waals surface area contributed by atoms with E-state index in [9.17, 15) is 127 Å². The van der Waals surface area contributed by atoms with Crippen LogP contribution in [0.25, 0.3) is 0 Å². The standard InChI is InChI=1S/C20H31N4O15P.C11H19NO8.C9H16N3O14P3.CH4.2Mn.4Na.H4O7P2/c1-7(25)13(28)16-12(22-8(2)26)9(27)5-20(38-16,18(31)32)39-40(34,35)36-6-10-14(29)15(30)17(37-10)24-4-3-11(21)23-19(24)33;1-4(13)8(16)9-7(12-5(2)14)6(15)3-11(19,20-9)10(17)18;10-5-1-2-12(9(15)11-5)8-7(14)6(13)4(24-8)3-23-28(19,20)26-29(21,22)25-27(16,17)18;;;;;;;;1-8(2,3)7-9(4,5)6/h3-4,7,9-10,12-17,25,27-30H,5-6H2,1-2H3,(H,22,26)(H,31,32)(H,34,35)(H2,21,23,33);4,6-9,13,15-16,19H,3H2,1-2H3,(H,12,14)(H,17,18);1-2,4,6-8,13-14H,3H2,(H,19,20)(H,21,22)(H2,10,11,15)(H2,16,17,18);1H4;;;;;;;(H2,1,2,3)(H2,4,5,6)/q;;;;2*+2;4*+1;/t7-,9-,10-,12-,13-,14+,15?,16?,17-,20-;4-,6-,7-,8-,9?,11+;4-,6+,7?,8-;;;;;;;;/m111......../s1. The molecule has 2 radical (unpaired) electrons. The van der Waals surface area contributed by atoms with Crippen LogP contribution in [-0.4, -0.2) is 261 Å². The van der Waals surface area contributed by atoms with Gasteiger partial charge in [-0.2, -0.15) is 32.3 Å². The number of carbonyl (C=O) groups excluding carboxylic acids is 3. The van der Waals surface area contributed by atoms with E-state index in [-0.39, 0.29) is 171 Å². The van der Waals surface area contributed by atoms with E-state index in [1.54, 1.807) is 0 Å². The maximum absolute atomic E-state index is 12.9. The van der Waals surface area contributed by atoms with E-state index < -0.39 is 230 Å². The van der Waals surface area contributed by atoms with Gasteiger partial charge in [-0.25, -0.2) is 36.8 Å². The van der Waals surface area contributed by atoms with Gasteiger partial charge in [0.1, 0.15) is 78.6 Å². The molecular weight excluding hydrogens is 1700 g/mol. The average Bonchev–Trinajstić information content (AvgIpc) is 1.34. The van der Waals surface area contributed by atoms with Crippen molar-refractivity contribution in [2.24, 2.45) is 0 Å². The van der Waals surface area contributed by atoms with Crippen molar-refractivity contribution in [1.82, 2.24) is 29.7 Å². The van der Waals surface area contributed by atoms with Gasteiger partial charge in [-0.1, -0.05) is 7.43 Å². The molecule has 4 aliphatic rings. The normalized spacial score (nSPS) is 30.7. The molecule has 28 N–H and O–H groups in total. The number of ether oxygens (including phenoxy) is 4. The zero-order valence-electron chi connectivity index (χ0n) is 54.8. The minimum atomic E-state index is -5.90. The third-order valence-corrected chi connectivity index (χ3v) is 19.4. The molecule has 9 unspecified atom stereocenters. The largest absolute Gasteiger partial charge is 2.00 e. The molecule has 0 aliphatic carbocycles. The number of carboxylic acids is 2. The topological polar surface area (TPSA) is 870 Å². The molecule has 4 fully saturated rings. The summed E-state index contributed by atoms with van der Waals surface area (Å²) in [5.41, 5.74) is 8.89. The van der Waals surface area contributed by atoms with Gasteiger partial charge in [0, 0.05) is 39.1 Å². The van der Waals surface area contributed by atoms with E-state index in [1.165, 1.54) is 19.1 Å². The molecule has 52 nitrogen and oxygen atoms in total. The number of aliphatic hydroxyl groups excluding tert-OH is 10. The Morgan fingerprint density at radius 3 is 1.32 bits per heavy atom. The summed E-state index contributed by atoms with van der Waals surface area (Å²) in [7, 11) is -32.1. The summed E-state index contributed by atoms with van der Waals surface area (Å²) >= 11 is 0.